The minimum Gasteiger partial charge on any atom is -0.306 e. The lowest BCUT2D eigenvalue weighted by Crippen LogP contribution is -2.19. The second-order valence-electron chi connectivity index (χ2n) is 4.85. The van der Waals surface area contributed by atoms with E-state index in [9.17, 15) is 4.39 Å². The summed E-state index contributed by atoms with van der Waals surface area (Å²) in [7, 11) is 0. The van der Waals surface area contributed by atoms with E-state index in [1.807, 2.05) is 13.8 Å². The van der Waals surface area contributed by atoms with E-state index in [1.165, 1.54) is 17.7 Å². The first-order valence-electron chi connectivity index (χ1n) is 6.41. The van der Waals surface area contributed by atoms with E-state index in [0.717, 1.165) is 5.56 Å². The molecule has 0 saturated carbocycles. The van der Waals surface area contributed by atoms with E-state index in [-0.39, 0.29) is 11.1 Å². The van der Waals surface area contributed by atoms with Gasteiger partial charge >= 0.3 is 0 Å². The van der Waals surface area contributed by atoms with Crippen molar-refractivity contribution in [2.45, 2.75) is 26.4 Å². The lowest BCUT2D eigenvalue weighted by atomic mass is 10.1. The summed E-state index contributed by atoms with van der Waals surface area (Å²) >= 11 is 12.1. The highest BCUT2D eigenvalue weighted by Gasteiger charge is 2.16. The molecule has 20 heavy (non-hydrogen) atoms. The zero-order chi connectivity index (χ0) is 14.7. The predicted molar refractivity (Wildman–Crippen MR) is 82.9 cm³/mol. The number of benzene rings is 2. The average Bonchev–Trinajstić information content (AvgIpc) is 2.43. The lowest BCUT2D eigenvalue weighted by molar-refractivity contribution is 0.565. The Morgan fingerprint density at radius 2 is 1.75 bits per heavy atom. The summed E-state index contributed by atoms with van der Waals surface area (Å²) in [6.07, 6.45) is 0. The molecule has 2 aromatic carbocycles. The first-order chi connectivity index (χ1) is 9.49. The molecular weight excluding hydrogens is 296 g/mol. The maximum Gasteiger partial charge on any atom is 0.142 e. The largest absolute Gasteiger partial charge is 0.306 e. The molecule has 0 spiro atoms. The van der Waals surface area contributed by atoms with Crippen molar-refractivity contribution >= 4 is 23.2 Å². The third kappa shape index (κ3) is 3.51. The highest BCUT2D eigenvalue weighted by atomic mass is 35.5. The van der Waals surface area contributed by atoms with Gasteiger partial charge in [-0.15, -0.1) is 0 Å². The quantitative estimate of drug-likeness (QED) is 0.756. The van der Waals surface area contributed by atoms with Gasteiger partial charge in [0.2, 0.25) is 0 Å². The molecule has 0 aromatic heterocycles. The van der Waals surface area contributed by atoms with Gasteiger partial charge in [-0.3, -0.25) is 0 Å². The molecule has 0 amide bonds. The molecule has 0 radical (unpaired) electrons. The first kappa shape index (κ1) is 15.3. The maximum atomic E-state index is 13.5. The van der Waals surface area contributed by atoms with Crippen LogP contribution >= 0.6 is 23.2 Å². The third-order valence-electron chi connectivity index (χ3n) is 3.25. The zero-order valence-electron chi connectivity index (χ0n) is 11.4. The summed E-state index contributed by atoms with van der Waals surface area (Å²) in [4.78, 5) is 0. The molecule has 0 heterocycles. The van der Waals surface area contributed by atoms with Crippen LogP contribution in [0.4, 0.5) is 4.39 Å². The van der Waals surface area contributed by atoms with Gasteiger partial charge in [0.05, 0.1) is 5.02 Å². The summed E-state index contributed by atoms with van der Waals surface area (Å²) in [5, 5.41) is 3.87. The molecule has 0 aliphatic rings. The van der Waals surface area contributed by atoms with E-state index in [1.54, 1.807) is 0 Å². The average molecular weight is 312 g/mol. The maximum absolute atomic E-state index is 13.5. The standard InChI is InChI=1S/C16H16Cl2FN/c1-10-3-5-12(6-4-10)9-20-11(2)15-13(17)7-8-14(19)16(15)18/h3-8,11,20H,9H2,1-2H3. The predicted octanol–water partition coefficient (Wildman–Crippen LogP) is 5.29. The molecule has 1 nitrogen and oxygen atoms in total. The van der Waals surface area contributed by atoms with E-state index < -0.39 is 5.82 Å². The number of aryl methyl sites for hydroxylation is 1. The summed E-state index contributed by atoms with van der Waals surface area (Å²) in [5.41, 5.74) is 2.98. The number of hydrogen-bond acceptors (Lipinski definition) is 1. The third-order valence-corrected chi connectivity index (χ3v) is 3.96. The molecule has 106 valence electrons. The molecule has 1 atom stereocenters. The van der Waals surface area contributed by atoms with Gasteiger partial charge in [0.1, 0.15) is 5.82 Å². The lowest BCUT2D eigenvalue weighted by Gasteiger charge is -2.17. The Morgan fingerprint density at radius 1 is 1.10 bits per heavy atom. The van der Waals surface area contributed by atoms with Crippen LogP contribution in [0.3, 0.4) is 0 Å². The van der Waals surface area contributed by atoms with Crippen molar-refractivity contribution in [3.8, 4) is 0 Å². The van der Waals surface area contributed by atoms with Crippen molar-refractivity contribution in [3.05, 3.63) is 69.0 Å². The fraction of sp³-hybridized carbons (Fsp3) is 0.250. The van der Waals surface area contributed by atoms with Gasteiger partial charge < -0.3 is 5.32 Å². The first-order valence-corrected chi connectivity index (χ1v) is 7.17. The van der Waals surface area contributed by atoms with Crippen molar-refractivity contribution in [2.75, 3.05) is 0 Å². The Bertz CT molecular complexity index is 596. The van der Waals surface area contributed by atoms with Crippen LogP contribution in [-0.4, -0.2) is 0 Å². The van der Waals surface area contributed by atoms with Crippen molar-refractivity contribution in [1.29, 1.82) is 0 Å². The van der Waals surface area contributed by atoms with E-state index in [0.29, 0.717) is 17.1 Å². The van der Waals surface area contributed by atoms with Crippen LogP contribution in [-0.2, 0) is 6.54 Å². The summed E-state index contributed by atoms with van der Waals surface area (Å²) in [5.74, 6) is -0.449. The molecule has 1 N–H and O–H groups in total. The minimum absolute atomic E-state index is 0.0846. The normalized spacial score (nSPS) is 12.4. The molecule has 2 rings (SSSR count). The topological polar surface area (TPSA) is 12.0 Å². The van der Waals surface area contributed by atoms with Crippen LogP contribution in [0, 0.1) is 12.7 Å². The molecule has 4 heteroatoms. The Hall–Kier alpha value is -1.09. The summed E-state index contributed by atoms with van der Waals surface area (Å²) in [6.45, 7) is 4.64. The summed E-state index contributed by atoms with van der Waals surface area (Å²) in [6, 6.07) is 10.9. The molecule has 1 unspecified atom stereocenters. The number of halogens is 3. The van der Waals surface area contributed by atoms with Gasteiger partial charge in [-0.25, -0.2) is 4.39 Å². The molecule has 0 fully saturated rings. The summed E-state index contributed by atoms with van der Waals surface area (Å²) < 4.78 is 13.5. The number of nitrogens with one attached hydrogen (secondary N) is 1. The van der Waals surface area contributed by atoms with Crippen molar-refractivity contribution in [2.24, 2.45) is 0 Å². The van der Waals surface area contributed by atoms with Crippen LogP contribution < -0.4 is 5.32 Å². The second kappa shape index (κ2) is 6.57. The van der Waals surface area contributed by atoms with Crippen LogP contribution in [0.2, 0.25) is 10.0 Å². The smallest absolute Gasteiger partial charge is 0.142 e. The molecule has 0 aliphatic carbocycles. The highest BCUT2D eigenvalue weighted by Crippen LogP contribution is 2.32. The molecule has 0 aliphatic heterocycles. The number of rotatable bonds is 4. The van der Waals surface area contributed by atoms with Crippen molar-refractivity contribution < 1.29 is 4.39 Å². The fourth-order valence-electron chi connectivity index (χ4n) is 2.02. The highest BCUT2D eigenvalue weighted by molar-refractivity contribution is 6.36. The van der Waals surface area contributed by atoms with E-state index in [2.05, 4.69) is 29.6 Å². The Morgan fingerprint density at radius 3 is 2.40 bits per heavy atom. The Balaban J connectivity index is 2.11. The minimum atomic E-state index is -0.449. The molecular formula is C16H16Cl2FN. The van der Waals surface area contributed by atoms with Gasteiger partial charge in [0.15, 0.2) is 0 Å². The fourth-order valence-corrected chi connectivity index (χ4v) is 2.72. The van der Waals surface area contributed by atoms with Gasteiger partial charge in [-0.05, 0) is 31.5 Å². The van der Waals surface area contributed by atoms with E-state index >= 15 is 0 Å². The van der Waals surface area contributed by atoms with Crippen LogP contribution in [0.5, 0.6) is 0 Å². The van der Waals surface area contributed by atoms with Gasteiger partial charge in [0, 0.05) is 23.2 Å². The van der Waals surface area contributed by atoms with Crippen LogP contribution in [0.1, 0.15) is 29.7 Å². The van der Waals surface area contributed by atoms with Gasteiger partial charge in [-0.2, -0.15) is 0 Å². The SMILES string of the molecule is Cc1ccc(CNC(C)c2c(Cl)ccc(F)c2Cl)cc1. The van der Waals surface area contributed by atoms with Crippen molar-refractivity contribution in [3.63, 3.8) is 0 Å². The van der Waals surface area contributed by atoms with Crippen LogP contribution in [0.25, 0.3) is 0 Å². The molecule has 0 bridgehead atoms. The van der Waals surface area contributed by atoms with E-state index in [4.69, 9.17) is 23.2 Å². The zero-order valence-corrected chi connectivity index (χ0v) is 12.9. The van der Waals surface area contributed by atoms with Crippen molar-refractivity contribution in [1.82, 2.24) is 5.32 Å². The number of hydrogen-bond donors (Lipinski definition) is 1. The second-order valence-corrected chi connectivity index (χ2v) is 5.63. The van der Waals surface area contributed by atoms with Crippen LogP contribution in [0.15, 0.2) is 36.4 Å². The monoisotopic (exact) mass is 311 g/mol. The Kier molecular flexibility index (Phi) is 5.03. The Labute approximate surface area is 128 Å². The molecule has 0 saturated heterocycles. The van der Waals surface area contributed by atoms with Gasteiger partial charge in [-0.1, -0.05) is 53.0 Å². The van der Waals surface area contributed by atoms with Gasteiger partial charge in [0.25, 0.3) is 0 Å². The molecule has 2 aromatic rings.